The smallest absolute Gasteiger partial charge is 0.406 e. The lowest BCUT2D eigenvalue weighted by molar-refractivity contribution is -0.274. The lowest BCUT2D eigenvalue weighted by Gasteiger charge is -2.23. The number of alkyl halides is 3. The van der Waals surface area contributed by atoms with Crippen LogP contribution in [0.4, 0.5) is 18.9 Å². The van der Waals surface area contributed by atoms with E-state index in [2.05, 4.69) is 15.0 Å². The normalized spacial score (nSPS) is 17.9. The number of nitrogens with zero attached hydrogens (tertiary/aromatic N) is 1. The van der Waals surface area contributed by atoms with Crippen molar-refractivity contribution in [3.63, 3.8) is 0 Å². The number of hydrogen-bond acceptors (Lipinski definition) is 3. The van der Waals surface area contributed by atoms with Gasteiger partial charge in [0.15, 0.2) is 0 Å². The first-order valence-electron chi connectivity index (χ1n) is 8.35. The Balaban J connectivity index is 1.64. The highest BCUT2D eigenvalue weighted by atomic mass is 19.4. The molecular formula is C19H19F3N2O2. The van der Waals surface area contributed by atoms with Crippen LogP contribution < -0.4 is 10.1 Å². The van der Waals surface area contributed by atoms with Gasteiger partial charge < -0.3 is 10.1 Å². The molecule has 0 bridgehead atoms. The Labute approximate surface area is 149 Å². The summed E-state index contributed by atoms with van der Waals surface area (Å²) in [6.07, 6.45) is -3.14. The molecule has 0 aromatic heterocycles. The predicted molar refractivity (Wildman–Crippen MR) is 91.6 cm³/mol. The molecule has 2 aromatic carbocycles. The SMILES string of the molecule is O=C(Nc1cccc(OC(F)(F)F)c1)C1CCCN1Cc1ccccc1. The minimum atomic E-state index is -4.76. The molecule has 1 amide bonds. The van der Waals surface area contributed by atoms with Gasteiger partial charge in [0.25, 0.3) is 0 Å². The fraction of sp³-hybridized carbons (Fsp3) is 0.316. The fourth-order valence-electron chi connectivity index (χ4n) is 3.13. The summed E-state index contributed by atoms with van der Waals surface area (Å²) in [4.78, 5) is 14.7. The van der Waals surface area contributed by atoms with Gasteiger partial charge in [0.2, 0.25) is 5.91 Å². The number of likely N-dealkylation sites (tertiary alicyclic amines) is 1. The van der Waals surface area contributed by atoms with Crippen molar-refractivity contribution in [3.05, 3.63) is 60.2 Å². The molecule has 1 fully saturated rings. The average Bonchev–Trinajstić information content (AvgIpc) is 3.03. The number of carbonyl (C=O) groups excluding carboxylic acids is 1. The Kier molecular flexibility index (Phi) is 5.46. The molecule has 0 saturated carbocycles. The van der Waals surface area contributed by atoms with Crippen LogP contribution in [0.5, 0.6) is 5.75 Å². The molecule has 1 heterocycles. The third kappa shape index (κ3) is 4.98. The summed E-state index contributed by atoms with van der Waals surface area (Å²) in [5.41, 5.74) is 1.40. The molecule has 1 atom stereocenters. The summed E-state index contributed by atoms with van der Waals surface area (Å²) >= 11 is 0. The first kappa shape index (κ1) is 18.3. The Morgan fingerprint density at radius 1 is 1.15 bits per heavy atom. The van der Waals surface area contributed by atoms with Gasteiger partial charge in [0.1, 0.15) is 5.75 Å². The molecule has 7 heteroatoms. The molecule has 26 heavy (non-hydrogen) atoms. The van der Waals surface area contributed by atoms with E-state index in [1.807, 2.05) is 30.3 Å². The minimum absolute atomic E-state index is 0.220. The molecule has 0 aliphatic carbocycles. The van der Waals surface area contributed by atoms with Crippen molar-refractivity contribution in [3.8, 4) is 5.75 Å². The maximum absolute atomic E-state index is 12.6. The number of nitrogens with one attached hydrogen (secondary N) is 1. The largest absolute Gasteiger partial charge is 0.573 e. The Hall–Kier alpha value is -2.54. The lowest BCUT2D eigenvalue weighted by atomic mass is 10.1. The highest BCUT2D eigenvalue weighted by Gasteiger charge is 2.32. The summed E-state index contributed by atoms with van der Waals surface area (Å²) in [5.74, 6) is -0.578. The van der Waals surface area contributed by atoms with Crippen molar-refractivity contribution in [2.75, 3.05) is 11.9 Å². The van der Waals surface area contributed by atoms with Crippen LogP contribution in [0.1, 0.15) is 18.4 Å². The summed E-state index contributed by atoms with van der Waals surface area (Å²) < 4.78 is 40.9. The standard InChI is InChI=1S/C19H19F3N2O2/c20-19(21,22)26-16-9-4-8-15(12-16)23-18(25)17-10-5-11-24(17)13-14-6-2-1-3-7-14/h1-4,6-9,12,17H,5,10-11,13H2,(H,23,25). The number of anilines is 1. The van der Waals surface area contributed by atoms with Gasteiger partial charge in [-0.05, 0) is 37.1 Å². The van der Waals surface area contributed by atoms with E-state index in [9.17, 15) is 18.0 Å². The third-order valence-corrected chi connectivity index (χ3v) is 4.23. The van der Waals surface area contributed by atoms with E-state index in [4.69, 9.17) is 0 Å². The van der Waals surface area contributed by atoms with Crippen LogP contribution in [0.3, 0.4) is 0 Å². The molecule has 1 saturated heterocycles. The number of ether oxygens (including phenoxy) is 1. The van der Waals surface area contributed by atoms with Crippen molar-refractivity contribution >= 4 is 11.6 Å². The fourth-order valence-corrected chi connectivity index (χ4v) is 3.13. The molecule has 138 valence electrons. The van der Waals surface area contributed by atoms with Gasteiger partial charge in [-0.25, -0.2) is 0 Å². The lowest BCUT2D eigenvalue weighted by Crippen LogP contribution is -2.39. The van der Waals surface area contributed by atoms with Gasteiger partial charge in [-0.3, -0.25) is 9.69 Å². The van der Waals surface area contributed by atoms with Crippen LogP contribution in [0.25, 0.3) is 0 Å². The third-order valence-electron chi connectivity index (χ3n) is 4.23. The quantitative estimate of drug-likeness (QED) is 0.865. The zero-order valence-corrected chi connectivity index (χ0v) is 14.0. The Bertz CT molecular complexity index is 750. The van der Waals surface area contributed by atoms with Crippen LogP contribution in [-0.2, 0) is 11.3 Å². The zero-order chi connectivity index (χ0) is 18.6. The molecule has 2 aromatic rings. The first-order valence-corrected chi connectivity index (χ1v) is 8.35. The maximum Gasteiger partial charge on any atom is 0.573 e. The number of amides is 1. The number of carbonyl (C=O) groups is 1. The van der Waals surface area contributed by atoms with Crippen LogP contribution in [0, 0.1) is 0 Å². The van der Waals surface area contributed by atoms with Crippen molar-refractivity contribution in [2.45, 2.75) is 31.8 Å². The van der Waals surface area contributed by atoms with Crippen molar-refractivity contribution in [2.24, 2.45) is 0 Å². The molecule has 3 rings (SSSR count). The molecule has 1 N–H and O–H groups in total. The summed E-state index contributed by atoms with van der Waals surface area (Å²) in [6.45, 7) is 1.47. The average molecular weight is 364 g/mol. The molecule has 0 spiro atoms. The highest BCUT2D eigenvalue weighted by Crippen LogP contribution is 2.26. The van der Waals surface area contributed by atoms with Crippen LogP contribution >= 0.6 is 0 Å². The van der Waals surface area contributed by atoms with E-state index in [0.29, 0.717) is 6.54 Å². The minimum Gasteiger partial charge on any atom is -0.406 e. The van der Waals surface area contributed by atoms with Crippen molar-refractivity contribution in [1.29, 1.82) is 0 Å². The van der Waals surface area contributed by atoms with E-state index in [-0.39, 0.29) is 23.4 Å². The second-order valence-corrected chi connectivity index (χ2v) is 6.18. The van der Waals surface area contributed by atoms with E-state index in [1.165, 1.54) is 24.3 Å². The van der Waals surface area contributed by atoms with E-state index < -0.39 is 6.36 Å². The molecule has 0 radical (unpaired) electrons. The Morgan fingerprint density at radius 3 is 2.65 bits per heavy atom. The van der Waals surface area contributed by atoms with Crippen molar-refractivity contribution in [1.82, 2.24) is 4.90 Å². The molecule has 4 nitrogen and oxygen atoms in total. The van der Waals surface area contributed by atoms with Gasteiger partial charge >= 0.3 is 6.36 Å². The van der Waals surface area contributed by atoms with E-state index in [1.54, 1.807) is 0 Å². The van der Waals surface area contributed by atoms with Gasteiger partial charge in [-0.1, -0.05) is 36.4 Å². The molecule has 1 aliphatic rings. The molecular weight excluding hydrogens is 345 g/mol. The van der Waals surface area contributed by atoms with Crippen LogP contribution in [0.15, 0.2) is 54.6 Å². The molecule has 1 unspecified atom stereocenters. The topological polar surface area (TPSA) is 41.6 Å². The second kappa shape index (κ2) is 7.78. The number of rotatable bonds is 5. The summed E-state index contributed by atoms with van der Waals surface area (Å²) in [6, 6.07) is 14.9. The number of hydrogen-bond donors (Lipinski definition) is 1. The zero-order valence-electron chi connectivity index (χ0n) is 14.0. The van der Waals surface area contributed by atoms with E-state index in [0.717, 1.165) is 24.9 Å². The van der Waals surface area contributed by atoms with Crippen molar-refractivity contribution < 1.29 is 22.7 Å². The molecule has 1 aliphatic heterocycles. The van der Waals surface area contributed by atoms with Gasteiger partial charge in [-0.2, -0.15) is 0 Å². The summed E-state index contributed by atoms with van der Waals surface area (Å²) in [7, 11) is 0. The van der Waals surface area contributed by atoms with Gasteiger partial charge in [0.05, 0.1) is 6.04 Å². The van der Waals surface area contributed by atoms with Gasteiger partial charge in [0, 0.05) is 18.3 Å². The maximum atomic E-state index is 12.6. The second-order valence-electron chi connectivity index (χ2n) is 6.18. The monoisotopic (exact) mass is 364 g/mol. The van der Waals surface area contributed by atoms with Crippen LogP contribution in [0.2, 0.25) is 0 Å². The van der Waals surface area contributed by atoms with E-state index >= 15 is 0 Å². The summed E-state index contributed by atoms with van der Waals surface area (Å²) in [5, 5.41) is 2.70. The predicted octanol–water partition coefficient (Wildman–Crippen LogP) is 4.19. The van der Waals surface area contributed by atoms with Gasteiger partial charge in [-0.15, -0.1) is 13.2 Å². The first-order chi connectivity index (χ1) is 12.4. The van der Waals surface area contributed by atoms with Crippen LogP contribution in [-0.4, -0.2) is 29.8 Å². The Morgan fingerprint density at radius 2 is 1.92 bits per heavy atom. The number of halogens is 3. The highest BCUT2D eigenvalue weighted by molar-refractivity contribution is 5.95. The number of benzene rings is 2.